The maximum Gasteiger partial charge on any atom is 0.124 e. The molecule has 4 nitrogen and oxygen atoms in total. The van der Waals surface area contributed by atoms with Crippen molar-refractivity contribution in [2.24, 2.45) is 0 Å². The number of fused-ring (bicyclic) bond motifs is 3. The Bertz CT molecular complexity index is 943. The second-order valence-electron chi connectivity index (χ2n) is 5.95. The minimum Gasteiger partial charge on any atom is -0.323 e. The number of aromatic nitrogens is 3. The second-order valence-corrected chi connectivity index (χ2v) is 6.39. The molecule has 0 aliphatic heterocycles. The van der Waals surface area contributed by atoms with Crippen LogP contribution in [-0.4, -0.2) is 20.7 Å². The number of alkyl halides is 1. The minimum absolute atomic E-state index is 0.0305. The van der Waals surface area contributed by atoms with Gasteiger partial charge in [-0.25, -0.2) is 9.37 Å². The summed E-state index contributed by atoms with van der Waals surface area (Å²) < 4.78 is 15.8. The molecule has 1 saturated carbocycles. The molecule has 1 aromatic carbocycles. The highest BCUT2D eigenvalue weighted by Gasteiger charge is 2.29. The summed E-state index contributed by atoms with van der Waals surface area (Å²) >= 11 is 6.15. The van der Waals surface area contributed by atoms with Crippen molar-refractivity contribution in [3.63, 3.8) is 0 Å². The van der Waals surface area contributed by atoms with Crippen LogP contribution in [0, 0.1) is 11.3 Å². The van der Waals surface area contributed by atoms with E-state index >= 15 is 0 Å². The molecule has 0 spiro atoms. The maximum absolute atomic E-state index is 13.7. The zero-order valence-electron chi connectivity index (χ0n) is 12.3. The van der Waals surface area contributed by atoms with Gasteiger partial charge in [0.15, 0.2) is 0 Å². The Morgan fingerprint density at radius 1 is 1.35 bits per heavy atom. The van der Waals surface area contributed by atoms with Gasteiger partial charge in [-0.05, 0) is 37.5 Å². The molecule has 0 bridgehead atoms. The summed E-state index contributed by atoms with van der Waals surface area (Å²) in [4.78, 5) is 8.98. The lowest BCUT2D eigenvalue weighted by molar-refractivity contribution is 0.330. The van der Waals surface area contributed by atoms with Crippen LogP contribution in [0.2, 0.25) is 5.02 Å². The van der Waals surface area contributed by atoms with Crippen molar-refractivity contribution in [2.45, 2.75) is 37.9 Å². The third kappa shape index (κ3) is 2.34. The Hall–Kier alpha value is -2.19. The van der Waals surface area contributed by atoms with Gasteiger partial charge in [0.05, 0.1) is 29.7 Å². The standard InChI is InChI=1S/C17H14ClFN4/c18-10-1-4-14-13(7-10)17-15(9-21-14)22-16(5-6-20)23(17)12-3-2-11(19)8-12/h1,4,7,9,11-12H,2-3,5,8H2/t11-,12+/m1/s1. The van der Waals surface area contributed by atoms with Crippen LogP contribution in [0.4, 0.5) is 4.39 Å². The van der Waals surface area contributed by atoms with Gasteiger partial charge in [0.25, 0.3) is 0 Å². The average Bonchev–Trinajstić information content (AvgIpc) is 3.10. The molecule has 6 heteroatoms. The predicted molar refractivity (Wildman–Crippen MR) is 87.1 cm³/mol. The van der Waals surface area contributed by atoms with E-state index in [1.54, 1.807) is 12.3 Å². The summed E-state index contributed by atoms with van der Waals surface area (Å²) in [5.74, 6) is 0.677. The summed E-state index contributed by atoms with van der Waals surface area (Å²) in [7, 11) is 0. The molecule has 1 aliphatic carbocycles. The van der Waals surface area contributed by atoms with Crippen LogP contribution in [0.1, 0.15) is 31.1 Å². The maximum atomic E-state index is 13.7. The molecule has 116 valence electrons. The van der Waals surface area contributed by atoms with Crippen molar-refractivity contribution in [1.82, 2.24) is 14.5 Å². The van der Waals surface area contributed by atoms with Crippen LogP contribution < -0.4 is 0 Å². The van der Waals surface area contributed by atoms with Crippen molar-refractivity contribution in [1.29, 1.82) is 5.26 Å². The van der Waals surface area contributed by atoms with Crippen molar-refractivity contribution >= 4 is 33.5 Å². The second kappa shape index (κ2) is 5.47. The molecular weight excluding hydrogens is 315 g/mol. The molecule has 0 N–H and O–H groups in total. The molecule has 4 rings (SSSR count). The fourth-order valence-corrected chi connectivity index (χ4v) is 3.70. The van der Waals surface area contributed by atoms with E-state index in [0.717, 1.165) is 28.4 Å². The number of benzene rings is 1. The van der Waals surface area contributed by atoms with Crippen molar-refractivity contribution in [2.75, 3.05) is 0 Å². The quantitative estimate of drug-likeness (QED) is 0.702. The van der Waals surface area contributed by atoms with Gasteiger partial charge in [-0.3, -0.25) is 4.98 Å². The smallest absolute Gasteiger partial charge is 0.124 e. The zero-order chi connectivity index (χ0) is 16.0. The minimum atomic E-state index is -0.788. The molecule has 1 fully saturated rings. The summed E-state index contributed by atoms with van der Waals surface area (Å²) in [6.45, 7) is 0. The van der Waals surface area contributed by atoms with Crippen LogP contribution in [0.15, 0.2) is 24.4 Å². The molecule has 0 unspecified atom stereocenters. The van der Waals surface area contributed by atoms with E-state index < -0.39 is 6.17 Å². The highest BCUT2D eigenvalue weighted by Crippen LogP contribution is 2.37. The van der Waals surface area contributed by atoms with Gasteiger partial charge in [0.2, 0.25) is 0 Å². The highest BCUT2D eigenvalue weighted by molar-refractivity contribution is 6.31. The first kappa shape index (κ1) is 14.4. The lowest BCUT2D eigenvalue weighted by Gasteiger charge is -2.16. The molecular formula is C17H14ClFN4. The lowest BCUT2D eigenvalue weighted by atomic mass is 10.1. The number of nitriles is 1. The number of nitrogens with zero attached hydrogens (tertiary/aromatic N) is 4. The molecule has 0 radical (unpaired) electrons. The number of hydrogen-bond acceptors (Lipinski definition) is 3. The van der Waals surface area contributed by atoms with Crippen molar-refractivity contribution < 1.29 is 4.39 Å². The molecule has 2 aromatic heterocycles. The fraction of sp³-hybridized carbons (Fsp3) is 0.353. The third-order valence-corrected chi connectivity index (χ3v) is 4.73. The van der Waals surface area contributed by atoms with Gasteiger partial charge < -0.3 is 4.57 Å². The Balaban J connectivity index is 2.05. The Labute approximate surface area is 137 Å². The van der Waals surface area contributed by atoms with Crippen LogP contribution in [0.5, 0.6) is 0 Å². The first-order valence-corrected chi connectivity index (χ1v) is 8.01. The van der Waals surface area contributed by atoms with Gasteiger partial charge >= 0.3 is 0 Å². The normalized spacial score (nSPS) is 21.1. The van der Waals surface area contributed by atoms with Crippen LogP contribution in [0.3, 0.4) is 0 Å². The number of hydrogen-bond donors (Lipinski definition) is 0. The average molecular weight is 329 g/mol. The van der Waals surface area contributed by atoms with Crippen LogP contribution >= 0.6 is 11.6 Å². The molecule has 3 aromatic rings. The van der Waals surface area contributed by atoms with E-state index in [-0.39, 0.29) is 12.5 Å². The highest BCUT2D eigenvalue weighted by atomic mass is 35.5. The van der Waals surface area contributed by atoms with Crippen molar-refractivity contribution in [3.05, 3.63) is 35.2 Å². The van der Waals surface area contributed by atoms with E-state index in [2.05, 4.69) is 16.0 Å². The number of halogens is 2. The van der Waals surface area contributed by atoms with Gasteiger partial charge in [0.1, 0.15) is 17.5 Å². The predicted octanol–water partition coefficient (Wildman–Crippen LogP) is 4.37. The summed E-state index contributed by atoms with van der Waals surface area (Å²) in [5, 5.41) is 10.6. The fourth-order valence-electron chi connectivity index (χ4n) is 3.52. The third-order valence-electron chi connectivity index (χ3n) is 4.49. The monoisotopic (exact) mass is 328 g/mol. The molecule has 2 atom stereocenters. The molecule has 2 heterocycles. The Kier molecular flexibility index (Phi) is 3.42. The van der Waals surface area contributed by atoms with Gasteiger partial charge in [-0.15, -0.1) is 0 Å². The molecule has 0 saturated heterocycles. The topological polar surface area (TPSA) is 54.5 Å². The first-order chi connectivity index (χ1) is 11.2. The van der Waals surface area contributed by atoms with Gasteiger partial charge in [-0.1, -0.05) is 11.6 Å². The summed E-state index contributed by atoms with van der Waals surface area (Å²) in [6.07, 6.45) is 2.91. The number of pyridine rings is 1. The Morgan fingerprint density at radius 3 is 2.96 bits per heavy atom. The first-order valence-electron chi connectivity index (χ1n) is 7.63. The molecule has 0 amide bonds. The van der Waals surface area contributed by atoms with Crippen molar-refractivity contribution in [3.8, 4) is 6.07 Å². The van der Waals surface area contributed by atoms with E-state index in [9.17, 15) is 4.39 Å². The van der Waals surface area contributed by atoms with E-state index in [0.29, 0.717) is 23.7 Å². The Morgan fingerprint density at radius 2 is 2.22 bits per heavy atom. The summed E-state index contributed by atoms with van der Waals surface area (Å²) in [5.41, 5.74) is 2.45. The molecule has 1 aliphatic rings. The number of rotatable bonds is 2. The van der Waals surface area contributed by atoms with Crippen LogP contribution in [0.25, 0.3) is 21.9 Å². The molecule has 23 heavy (non-hydrogen) atoms. The van der Waals surface area contributed by atoms with Crippen LogP contribution in [-0.2, 0) is 6.42 Å². The summed E-state index contributed by atoms with van der Waals surface area (Å²) in [6, 6.07) is 7.71. The van der Waals surface area contributed by atoms with E-state index in [1.807, 2.05) is 16.7 Å². The number of imidazole rings is 1. The largest absolute Gasteiger partial charge is 0.323 e. The van der Waals surface area contributed by atoms with Gasteiger partial charge in [0, 0.05) is 16.5 Å². The zero-order valence-corrected chi connectivity index (χ0v) is 13.1. The van der Waals surface area contributed by atoms with E-state index in [1.165, 1.54) is 0 Å². The van der Waals surface area contributed by atoms with Gasteiger partial charge in [-0.2, -0.15) is 5.26 Å². The van der Waals surface area contributed by atoms with E-state index in [4.69, 9.17) is 16.9 Å². The lowest BCUT2D eigenvalue weighted by Crippen LogP contribution is -2.10. The SMILES string of the molecule is N#CCc1nc2cnc3ccc(Cl)cc3c2n1[C@H]1CC[C@@H](F)C1.